The Morgan fingerprint density at radius 3 is 1.86 bits per heavy atom. The maximum atomic E-state index is 5.04. The predicted octanol–water partition coefficient (Wildman–Crippen LogP) is 3.29. The quantitative estimate of drug-likeness (QED) is 0.586. The summed E-state index contributed by atoms with van der Waals surface area (Å²) in [7, 11) is 1.68. The molecule has 14 heavy (non-hydrogen) atoms. The van der Waals surface area contributed by atoms with Crippen molar-refractivity contribution < 1.29 is 4.74 Å². The predicted molar refractivity (Wildman–Crippen MR) is 64.5 cm³/mol. The molecule has 0 aliphatic carbocycles. The monoisotopic (exact) mass is 201 g/mol. The molecule has 2 nitrogen and oxygen atoms in total. The van der Waals surface area contributed by atoms with Crippen molar-refractivity contribution in [1.82, 2.24) is 4.90 Å². The Balaban J connectivity index is 0. The van der Waals surface area contributed by atoms with Crippen LogP contribution in [0.5, 0.6) is 0 Å². The summed E-state index contributed by atoms with van der Waals surface area (Å²) in [5.74, 6) is 0.858. The Labute approximate surface area is 89.9 Å². The second-order valence-corrected chi connectivity index (χ2v) is 3.02. The van der Waals surface area contributed by atoms with Crippen molar-refractivity contribution in [3.8, 4) is 0 Å². The van der Waals surface area contributed by atoms with E-state index in [-0.39, 0.29) is 0 Å². The summed E-state index contributed by atoms with van der Waals surface area (Å²) >= 11 is 0. The minimum absolute atomic E-state index is 0.858. The molecular weight excluding hydrogens is 174 g/mol. The van der Waals surface area contributed by atoms with E-state index in [1.54, 1.807) is 7.11 Å². The number of ether oxygens (including phenoxy) is 1. The Morgan fingerprint density at radius 2 is 1.57 bits per heavy atom. The molecule has 2 heteroatoms. The number of rotatable bonds is 7. The van der Waals surface area contributed by atoms with E-state index in [4.69, 9.17) is 4.74 Å². The normalized spacial score (nSPS) is 9.29. The molecule has 0 unspecified atom stereocenters. The molecule has 0 aliphatic heterocycles. The van der Waals surface area contributed by atoms with Crippen LogP contribution in [0.4, 0.5) is 0 Å². The fourth-order valence-corrected chi connectivity index (χ4v) is 1.22. The molecule has 0 fully saturated rings. The summed E-state index contributed by atoms with van der Waals surface area (Å²) in [5.41, 5.74) is 0. The first-order valence-corrected chi connectivity index (χ1v) is 5.68. The van der Waals surface area contributed by atoms with Gasteiger partial charge in [0.2, 0.25) is 0 Å². The van der Waals surface area contributed by atoms with Crippen molar-refractivity contribution in [1.29, 1.82) is 0 Å². The lowest BCUT2D eigenvalue weighted by Crippen LogP contribution is -2.27. The highest BCUT2D eigenvalue weighted by Crippen LogP contribution is 1.99. The minimum Gasteiger partial charge on any atom is -0.500 e. The van der Waals surface area contributed by atoms with Crippen LogP contribution in [0.25, 0.3) is 0 Å². The number of methoxy groups -OCH3 is 1. The van der Waals surface area contributed by atoms with Gasteiger partial charge >= 0.3 is 0 Å². The fraction of sp³-hybridized carbons (Fsp3) is 0.833. The lowest BCUT2D eigenvalue weighted by molar-refractivity contribution is 0.214. The van der Waals surface area contributed by atoms with E-state index in [0.29, 0.717) is 0 Å². The van der Waals surface area contributed by atoms with Gasteiger partial charge in [0, 0.05) is 0 Å². The first kappa shape index (κ1) is 15.9. The third-order valence-electron chi connectivity index (χ3n) is 1.77. The van der Waals surface area contributed by atoms with Gasteiger partial charge in [0.15, 0.2) is 0 Å². The second-order valence-electron chi connectivity index (χ2n) is 3.02. The summed E-state index contributed by atoms with van der Waals surface area (Å²) < 4.78 is 5.04. The maximum Gasteiger partial charge on any atom is 0.102 e. The molecular formula is C12H27NO. The third kappa shape index (κ3) is 9.59. The highest BCUT2D eigenvalue weighted by Gasteiger charge is 2.03. The molecule has 86 valence electrons. The Bertz CT molecular complexity index is 117. The van der Waals surface area contributed by atoms with Crippen molar-refractivity contribution in [2.45, 2.75) is 40.5 Å². The molecule has 0 radical (unpaired) electrons. The van der Waals surface area contributed by atoms with Crippen LogP contribution in [-0.4, -0.2) is 31.6 Å². The molecule has 0 amide bonds. The minimum atomic E-state index is 0.858. The molecule has 0 N–H and O–H groups in total. The zero-order valence-electron chi connectivity index (χ0n) is 10.6. The zero-order chi connectivity index (χ0) is 11.4. The van der Waals surface area contributed by atoms with Crippen molar-refractivity contribution >= 4 is 0 Å². The highest BCUT2D eigenvalue weighted by molar-refractivity contribution is 4.85. The Hall–Kier alpha value is -0.500. The van der Waals surface area contributed by atoms with Gasteiger partial charge in [-0.25, -0.2) is 0 Å². The molecule has 0 atom stereocenters. The molecule has 0 bridgehead atoms. The molecule has 0 aromatic rings. The van der Waals surface area contributed by atoms with Gasteiger partial charge in [0.25, 0.3) is 0 Å². The van der Waals surface area contributed by atoms with E-state index in [9.17, 15) is 0 Å². The van der Waals surface area contributed by atoms with E-state index in [1.807, 2.05) is 13.8 Å². The molecule has 0 aromatic heterocycles. The molecule has 0 rings (SSSR count). The smallest absolute Gasteiger partial charge is 0.102 e. The standard InChI is InChI=1S/C10H21NO.C2H6/c1-5-7-11(8-6-2)9-10(3)12-4;1-2/h3,5-9H2,1-2,4H3;1-2H3. The van der Waals surface area contributed by atoms with Gasteiger partial charge < -0.3 is 4.74 Å². The van der Waals surface area contributed by atoms with Gasteiger partial charge in [-0.1, -0.05) is 34.3 Å². The van der Waals surface area contributed by atoms with Gasteiger partial charge in [-0.15, -0.1) is 0 Å². The van der Waals surface area contributed by atoms with E-state index >= 15 is 0 Å². The topological polar surface area (TPSA) is 12.5 Å². The maximum absolute atomic E-state index is 5.04. The lowest BCUT2D eigenvalue weighted by atomic mass is 10.3. The first-order valence-electron chi connectivity index (χ1n) is 5.68. The number of nitrogens with zero attached hydrogens (tertiary/aromatic N) is 1. The Kier molecular flexibility index (Phi) is 14.2. The summed E-state index contributed by atoms with van der Waals surface area (Å²) in [4.78, 5) is 2.37. The van der Waals surface area contributed by atoms with E-state index in [0.717, 1.165) is 25.4 Å². The molecule has 0 saturated heterocycles. The summed E-state index contributed by atoms with van der Waals surface area (Å²) in [6.07, 6.45) is 2.38. The van der Waals surface area contributed by atoms with Gasteiger partial charge in [0.1, 0.15) is 5.76 Å². The van der Waals surface area contributed by atoms with Crippen LogP contribution in [0.1, 0.15) is 40.5 Å². The lowest BCUT2D eigenvalue weighted by Gasteiger charge is -2.21. The van der Waals surface area contributed by atoms with Crippen LogP contribution in [-0.2, 0) is 4.74 Å². The van der Waals surface area contributed by atoms with E-state index in [1.165, 1.54) is 12.8 Å². The van der Waals surface area contributed by atoms with Crippen LogP contribution in [0, 0.1) is 0 Å². The average molecular weight is 201 g/mol. The molecule has 0 heterocycles. The molecule has 0 aliphatic rings. The first-order chi connectivity index (χ1) is 6.74. The number of hydrogen-bond donors (Lipinski definition) is 0. The van der Waals surface area contributed by atoms with E-state index in [2.05, 4.69) is 25.3 Å². The van der Waals surface area contributed by atoms with Crippen molar-refractivity contribution in [2.75, 3.05) is 26.7 Å². The molecule has 0 aromatic carbocycles. The average Bonchev–Trinajstić information content (AvgIpc) is 2.21. The van der Waals surface area contributed by atoms with Crippen LogP contribution in [0.3, 0.4) is 0 Å². The van der Waals surface area contributed by atoms with Crippen LogP contribution in [0.2, 0.25) is 0 Å². The third-order valence-corrected chi connectivity index (χ3v) is 1.77. The summed E-state index contributed by atoms with van der Waals surface area (Å²) in [6, 6.07) is 0. The summed E-state index contributed by atoms with van der Waals surface area (Å²) in [5, 5.41) is 0. The summed E-state index contributed by atoms with van der Waals surface area (Å²) in [6.45, 7) is 15.3. The van der Waals surface area contributed by atoms with Crippen molar-refractivity contribution in [2.24, 2.45) is 0 Å². The van der Waals surface area contributed by atoms with Crippen molar-refractivity contribution in [3.05, 3.63) is 12.3 Å². The highest BCUT2D eigenvalue weighted by atomic mass is 16.5. The van der Waals surface area contributed by atoms with Crippen LogP contribution in [0.15, 0.2) is 12.3 Å². The van der Waals surface area contributed by atoms with Gasteiger partial charge in [-0.05, 0) is 25.9 Å². The van der Waals surface area contributed by atoms with Crippen LogP contribution < -0.4 is 0 Å². The SMILES string of the molecule is C=C(CN(CCC)CCC)OC.CC. The van der Waals surface area contributed by atoms with Gasteiger partial charge in [-0.2, -0.15) is 0 Å². The fourth-order valence-electron chi connectivity index (χ4n) is 1.22. The van der Waals surface area contributed by atoms with Gasteiger partial charge in [0.05, 0.1) is 13.7 Å². The molecule has 0 spiro atoms. The Morgan fingerprint density at radius 1 is 1.14 bits per heavy atom. The van der Waals surface area contributed by atoms with E-state index < -0.39 is 0 Å². The van der Waals surface area contributed by atoms with Crippen LogP contribution >= 0.6 is 0 Å². The van der Waals surface area contributed by atoms with Gasteiger partial charge in [-0.3, -0.25) is 4.90 Å². The largest absolute Gasteiger partial charge is 0.500 e. The van der Waals surface area contributed by atoms with Crippen molar-refractivity contribution in [3.63, 3.8) is 0 Å². The molecule has 0 saturated carbocycles. The number of hydrogen-bond acceptors (Lipinski definition) is 2. The second kappa shape index (κ2) is 12.5. The zero-order valence-corrected chi connectivity index (χ0v) is 10.6.